The van der Waals surface area contributed by atoms with Crippen LogP contribution in [0.15, 0.2) is 18.2 Å². The fourth-order valence-corrected chi connectivity index (χ4v) is 3.08. The number of hydrogen-bond donors (Lipinski definition) is 2. The molecule has 1 atom stereocenters. The van der Waals surface area contributed by atoms with Gasteiger partial charge in [0.05, 0.1) is 19.2 Å². The van der Waals surface area contributed by atoms with Crippen molar-refractivity contribution in [3.05, 3.63) is 39.9 Å². The minimum absolute atomic E-state index is 0.254. The zero-order chi connectivity index (χ0) is 15.5. The smallest absolute Gasteiger partial charge is 0.195 e. The molecular formula is C16H22N4OS. The van der Waals surface area contributed by atoms with Crippen LogP contribution in [-0.4, -0.2) is 27.5 Å². The lowest BCUT2D eigenvalue weighted by molar-refractivity contribution is 0.0959. The first kappa shape index (κ1) is 15.2. The molecule has 0 aliphatic carbocycles. The first-order chi connectivity index (χ1) is 10.6. The Bertz CT molecular complexity index is 700. The molecule has 0 spiro atoms. The van der Waals surface area contributed by atoms with E-state index >= 15 is 0 Å². The number of benzene rings is 1. The van der Waals surface area contributed by atoms with Gasteiger partial charge in [0.2, 0.25) is 0 Å². The number of H-pyrrole nitrogens is 1. The molecule has 6 heteroatoms. The van der Waals surface area contributed by atoms with Gasteiger partial charge in [-0.3, -0.25) is 5.10 Å². The molecule has 1 aliphatic rings. The largest absolute Gasteiger partial charge is 0.378 e. The Morgan fingerprint density at radius 2 is 2.32 bits per heavy atom. The predicted octanol–water partition coefficient (Wildman–Crippen LogP) is 3.35. The second kappa shape index (κ2) is 6.62. The van der Waals surface area contributed by atoms with Crippen LogP contribution in [-0.2, 0) is 17.8 Å². The van der Waals surface area contributed by atoms with Crippen molar-refractivity contribution in [1.29, 1.82) is 0 Å². The molecule has 0 bridgehead atoms. The molecular weight excluding hydrogens is 296 g/mol. The Labute approximate surface area is 135 Å². The second-order valence-electron chi connectivity index (χ2n) is 5.86. The van der Waals surface area contributed by atoms with E-state index in [9.17, 15) is 0 Å². The van der Waals surface area contributed by atoms with Crippen LogP contribution < -0.4 is 5.32 Å². The first-order valence-corrected chi connectivity index (χ1v) is 8.11. The number of anilines is 1. The lowest BCUT2D eigenvalue weighted by Crippen LogP contribution is -2.18. The number of hydrogen-bond acceptors (Lipinski definition) is 4. The number of nitrogens with zero attached hydrogens (tertiary/aromatic N) is 2. The van der Waals surface area contributed by atoms with Crippen molar-refractivity contribution in [2.24, 2.45) is 0 Å². The van der Waals surface area contributed by atoms with Crippen molar-refractivity contribution < 1.29 is 4.74 Å². The number of ether oxygens (including phenoxy) is 1. The van der Waals surface area contributed by atoms with Crippen molar-refractivity contribution in [3.8, 4) is 0 Å². The third kappa shape index (κ3) is 3.39. The van der Waals surface area contributed by atoms with Gasteiger partial charge in [0.25, 0.3) is 0 Å². The molecule has 1 fully saturated rings. The third-order valence-corrected chi connectivity index (χ3v) is 4.38. The highest BCUT2D eigenvalue weighted by Crippen LogP contribution is 2.18. The van der Waals surface area contributed by atoms with Crippen LogP contribution in [0.3, 0.4) is 0 Å². The van der Waals surface area contributed by atoms with Crippen LogP contribution in [0.2, 0.25) is 0 Å². The van der Waals surface area contributed by atoms with Gasteiger partial charge in [-0.15, -0.1) is 0 Å². The molecule has 1 saturated heterocycles. The lowest BCUT2D eigenvalue weighted by Gasteiger charge is -2.14. The van der Waals surface area contributed by atoms with Gasteiger partial charge < -0.3 is 14.6 Å². The van der Waals surface area contributed by atoms with Crippen molar-refractivity contribution in [1.82, 2.24) is 14.8 Å². The van der Waals surface area contributed by atoms with Gasteiger partial charge in [-0.25, -0.2) is 0 Å². The fraction of sp³-hybridized carbons (Fsp3) is 0.500. The van der Waals surface area contributed by atoms with Crippen molar-refractivity contribution in [2.75, 3.05) is 11.9 Å². The molecule has 0 radical (unpaired) electrons. The predicted molar refractivity (Wildman–Crippen MR) is 89.6 cm³/mol. The summed E-state index contributed by atoms with van der Waals surface area (Å²) in [6, 6.07) is 6.39. The maximum Gasteiger partial charge on any atom is 0.195 e. The first-order valence-electron chi connectivity index (χ1n) is 7.70. The standard InChI is InChI=1S/C16H22N4OS/c1-11-5-6-14(12(2)8-11)17-9-15-18-19-16(22)20(15)10-13-4-3-7-21-13/h5-6,8,13,17H,3-4,7,9-10H2,1-2H3,(H,19,22)/t13-/m1/s1. The highest BCUT2D eigenvalue weighted by atomic mass is 32.1. The summed E-state index contributed by atoms with van der Waals surface area (Å²) >= 11 is 5.34. The van der Waals surface area contributed by atoms with Crippen LogP contribution in [0.5, 0.6) is 0 Å². The number of nitrogens with one attached hydrogen (secondary N) is 2. The summed E-state index contributed by atoms with van der Waals surface area (Å²) in [5.41, 5.74) is 3.63. The Morgan fingerprint density at radius 3 is 3.05 bits per heavy atom. The van der Waals surface area contributed by atoms with Gasteiger partial charge >= 0.3 is 0 Å². The summed E-state index contributed by atoms with van der Waals surface area (Å²) in [6.45, 7) is 6.48. The van der Waals surface area contributed by atoms with Crippen LogP contribution in [0.25, 0.3) is 0 Å². The minimum atomic E-state index is 0.254. The molecule has 2 N–H and O–H groups in total. The van der Waals surface area contributed by atoms with Gasteiger partial charge in [-0.05, 0) is 50.5 Å². The molecule has 1 aromatic carbocycles. The molecule has 2 aromatic rings. The van der Waals surface area contributed by atoms with Gasteiger partial charge in [0, 0.05) is 12.3 Å². The van der Waals surface area contributed by atoms with E-state index in [4.69, 9.17) is 17.0 Å². The molecule has 0 amide bonds. The molecule has 0 saturated carbocycles. The molecule has 1 aromatic heterocycles. The quantitative estimate of drug-likeness (QED) is 0.830. The highest BCUT2D eigenvalue weighted by Gasteiger charge is 2.18. The van der Waals surface area contributed by atoms with Gasteiger partial charge in [-0.2, -0.15) is 5.10 Å². The number of rotatable bonds is 5. The average molecular weight is 318 g/mol. The van der Waals surface area contributed by atoms with Crippen molar-refractivity contribution in [3.63, 3.8) is 0 Å². The van der Waals surface area contributed by atoms with E-state index in [1.165, 1.54) is 11.1 Å². The molecule has 118 valence electrons. The summed E-state index contributed by atoms with van der Waals surface area (Å²) in [4.78, 5) is 0. The maximum atomic E-state index is 5.70. The number of aryl methyl sites for hydroxylation is 2. The molecule has 1 aliphatic heterocycles. The summed E-state index contributed by atoms with van der Waals surface area (Å²) in [5, 5.41) is 10.7. The number of aromatic amines is 1. The normalized spacial score (nSPS) is 17.8. The van der Waals surface area contributed by atoms with E-state index in [0.29, 0.717) is 11.3 Å². The Balaban J connectivity index is 1.71. The Morgan fingerprint density at radius 1 is 1.45 bits per heavy atom. The molecule has 0 unspecified atom stereocenters. The SMILES string of the molecule is Cc1ccc(NCc2n[nH]c(=S)n2C[C@H]2CCCO2)c(C)c1. The van der Waals surface area contributed by atoms with E-state index in [1.54, 1.807) is 0 Å². The zero-order valence-corrected chi connectivity index (χ0v) is 13.9. The number of aromatic nitrogens is 3. The van der Waals surface area contributed by atoms with E-state index in [-0.39, 0.29) is 6.10 Å². The average Bonchev–Trinajstić information content (AvgIpc) is 3.11. The zero-order valence-electron chi connectivity index (χ0n) is 13.1. The minimum Gasteiger partial charge on any atom is -0.378 e. The second-order valence-corrected chi connectivity index (χ2v) is 6.25. The summed E-state index contributed by atoms with van der Waals surface area (Å²) in [7, 11) is 0. The van der Waals surface area contributed by atoms with E-state index in [0.717, 1.165) is 37.5 Å². The van der Waals surface area contributed by atoms with Crippen LogP contribution in [0.4, 0.5) is 5.69 Å². The van der Waals surface area contributed by atoms with Crippen LogP contribution in [0, 0.1) is 18.6 Å². The third-order valence-electron chi connectivity index (χ3n) is 4.07. The monoisotopic (exact) mass is 318 g/mol. The van der Waals surface area contributed by atoms with Gasteiger partial charge in [0.1, 0.15) is 0 Å². The van der Waals surface area contributed by atoms with Gasteiger partial charge in [-0.1, -0.05) is 17.7 Å². The fourth-order valence-electron chi connectivity index (χ4n) is 2.85. The maximum absolute atomic E-state index is 5.70. The molecule has 2 heterocycles. The van der Waals surface area contributed by atoms with E-state index in [2.05, 4.69) is 47.6 Å². The van der Waals surface area contributed by atoms with Crippen LogP contribution in [0.1, 0.15) is 29.8 Å². The molecule has 5 nitrogen and oxygen atoms in total. The van der Waals surface area contributed by atoms with Crippen molar-refractivity contribution >= 4 is 17.9 Å². The van der Waals surface area contributed by atoms with Crippen LogP contribution >= 0.6 is 12.2 Å². The topological polar surface area (TPSA) is 54.9 Å². The highest BCUT2D eigenvalue weighted by molar-refractivity contribution is 7.71. The summed E-state index contributed by atoms with van der Waals surface area (Å²) in [6.07, 6.45) is 2.48. The summed E-state index contributed by atoms with van der Waals surface area (Å²) < 4.78 is 8.41. The van der Waals surface area contributed by atoms with E-state index < -0.39 is 0 Å². The van der Waals surface area contributed by atoms with Crippen molar-refractivity contribution in [2.45, 2.75) is 45.9 Å². The Kier molecular flexibility index (Phi) is 4.59. The van der Waals surface area contributed by atoms with Gasteiger partial charge in [0.15, 0.2) is 10.6 Å². The van der Waals surface area contributed by atoms with E-state index in [1.807, 2.05) is 4.57 Å². The lowest BCUT2D eigenvalue weighted by atomic mass is 10.1. The Hall–Kier alpha value is -1.66. The molecule has 22 heavy (non-hydrogen) atoms. The summed E-state index contributed by atoms with van der Waals surface area (Å²) in [5.74, 6) is 0.917. The molecule has 3 rings (SSSR count).